The zero-order valence-electron chi connectivity index (χ0n) is 17.3. The SMILES string of the molecule is COc1ccc([C@@H](C(C)C)N2CC(O)=C(c3nc(-c4ccccc4)cs3)C2=N)cc1. The minimum absolute atomic E-state index is 0.0309. The molecule has 1 aliphatic rings. The van der Waals surface area contributed by atoms with Crippen LogP contribution in [-0.4, -0.2) is 34.5 Å². The lowest BCUT2D eigenvalue weighted by molar-refractivity contribution is 0.247. The highest BCUT2D eigenvalue weighted by Gasteiger charge is 2.36. The Kier molecular flexibility index (Phi) is 5.59. The second kappa shape index (κ2) is 8.32. The van der Waals surface area contributed by atoms with Gasteiger partial charge < -0.3 is 14.7 Å². The zero-order chi connectivity index (χ0) is 21.3. The molecule has 2 heterocycles. The molecule has 2 N–H and O–H groups in total. The third-order valence-electron chi connectivity index (χ3n) is 5.34. The smallest absolute Gasteiger partial charge is 0.135 e. The average molecular weight is 420 g/mol. The third kappa shape index (κ3) is 3.71. The second-order valence-corrected chi connectivity index (χ2v) is 8.52. The molecular formula is C24H25N3O2S. The van der Waals surface area contributed by atoms with E-state index in [1.165, 1.54) is 11.3 Å². The van der Waals surface area contributed by atoms with Crippen molar-refractivity contribution in [1.29, 1.82) is 5.41 Å². The van der Waals surface area contributed by atoms with Gasteiger partial charge in [0.05, 0.1) is 31.0 Å². The van der Waals surface area contributed by atoms with E-state index in [4.69, 9.17) is 15.1 Å². The standard InChI is InChI=1S/C24H25N3O2S/c1-15(2)22(17-9-11-18(29-3)12-10-17)27-13-20(28)21(23(27)25)24-26-19(14-30-24)16-7-5-4-6-8-16/h4-12,14-15,22,25,28H,13H2,1-3H3/t22-/m1/s1. The van der Waals surface area contributed by atoms with E-state index in [0.29, 0.717) is 23.0 Å². The fourth-order valence-electron chi connectivity index (χ4n) is 3.92. The van der Waals surface area contributed by atoms with Crippen LogP contribution in [0, 0.1) is 11.3 Å². The molecule has 2 aromatic carbocycles. The number of hydrogen-bond donors (Lipinski definition) is 2. The summed E-state index contributed by atoms with van der Waals surface area (Å²) in [6.07, 6.45) is 0. The number of nitrogens with one attached hydrogen (secondary N) is 1. The predicted molar refractivity (Wildman–Crippen MR) is 122 cm³/mol. The molecule has 1 atom stereocenters. The van der Waals surface area contributed by atoms with Crippen LogP contribution < -0.4 is 4.74 Å². The van der Waals surface area contributed by atoms with Gasteiger partial charge in [-0.15, -0.1) is 11.3 Å². The van der Waals surface area contributed by atoms with Crippen molar-refractivity contribution in [2.24, 2.45) is 5.92 Å². The number of amidine groups is 1. The lowest BCUT2D eigenvalue weighted by atomic mass is 9.94. The van der Waals surface area contributed by atoms with E-state index in [1.54, 1.807) is 7.11 Å². The Balaban J connectivity index is 1.63. The maximum Gasteiger partial charge on any atom is 0.135 e. The highest BCUT2D eigenvalue weighted by molar-refractivity contribution is 7.11. The normalized spacial score (nSPS) is 15.2. The molecule has 0 amide bonds. The lowest BCUT2D eigenvalue weighted by Crippen LogP contribution is -2.34. The van der Waals surface area contributed by atoms with Gasteiger partial charge in [-0.05, 0) is 23.6 Å². The van der Waals surface area contributed by atoms with Gasteiger partial charge in [-0.2, -0.15) is 0 Å². The Hall–Kier alpha value is -3.12. The summed E-state index contributed by atoms with van der Waals surface area (Å²) in [6, 6.07) is 17.9. The van der Waals surface area contributed by atoms with Gasteiger partial charge in [0.2, 0.25) is 0 Å². The molecule has 4 rings (SSSR count). The fourth-order valence-corrected chi connectivity index (χ4v) is 4.81. The minimum atomic E-state index is -0.0309. The van der Waals surface area contributed by atoms with E-state index in [2.05, 4.69) is 13.8 Å². The summed E-state index contributed by atoms with van der Waals surface area (Å²) in [4.78, 5) is 6.67. The van der Waals surface area contributed by atoms with Gasteiger partial charge in [-0.3, -0.25) is 5.41 Å². The van der Waals surface area contributed by atoms with Crippen LogP contribution in [0.2, 0.25) is 0 Å². The fraction of sp³-hybridized carbons (Fsp3) is 0.250. The Labute approximate surface area is 180 Å². The highest BCUT2D eigenvalue weighted by atomic mass is 32.1. The first-order valence-electron chi connectivity index (χ1n) is 9.92. The number of aliphatic hydroxyl groups is 1. The molecule has 1 aromatic heterocycles. The molecule has 0 fully saturated rings. The molecule has 30 heavy (non-hydrogen) atoms. The van der Waals surface area contributed by atoms with Crippen molar-refractivity contribution in [2.45, 2.75) is 19.9 Å². The Bertz CT molecular complexity index is 1070. The van der Waals surface area contributed by atoms with E-state index in [1.807, 2.05) is 64.9 Å². The van der Waals surface area contributed by atoms with Gasteiger partial charge in [0.15, 0.2) is 0 Å². The second-order valence-electron chi connectivity index (χ2n) is 7.66. The number of rotatable bonds is 6. The van der Waals surface area contributed by atoms with E-state index in [0.717, 1.165) is 22.6 Å². The first-order valence-corrected chi connectivity index (χ1v) is 10.8. The summed E-state index contributed by atoms with van der Waals surface area (Å²) in [7, 11) is 1.65. The molecular weight excluding hydrogens is 394 g/mol. The number of ether oxygens (including phenoxy) is 1. The number of nitrogens with zero attached hydrogens (tertiary/aromatic N) is 2. The van der Waals surface area contributed by atoms with Gasteiger partial charge in [0, 0.05) is 10.9 Å². The van der Waals surface area contributed by atoms with E-state index in [-0.39, 0.29) is 17.7 Å². The Morgan fingerprint density at radius 1 is 1.10 bits per heavy atom. The number of methoxy groups -OCH3 is 1. The van der Waals surface area contributed by atoms with Crippen molar-refractivity contribution >= 4 is 22.7 Å². The Morgan fingerprint density at radius 2 is 1.80 bits per heavy atom. The van der Waals surface area contributed by atoms with Gasteiger partial charge in [-0.25, -0.2) is 4.98 Å². The third-order valence-corrected chi connectivity index (χ3v) is 6.20. The topological polar surface area (TPSA) is 69.4 Å². The van der Waals surface area contributed by atoms with Crippen LogP contribution in [0.4, 0.5) is 0 Å². The van der Waals surface area contributed by atoms with Crippen molar-refractivity contribution in [1.82, 2.24) is 9.88 Å². The van der Waals surface area contributed by atoms with Gasteiger partial charge in [-0.1, -0.05) is 56.3 Å². The van der Waals surface area contributed by atoms with E-state index in [9.17, 15) is 5.11 Å². The van der Waals surface area contributed by atoms with Crippen LogP contribution in [0.3, 0.4) is 0 Å². The Morgan fingerprint density at radius 3 is 2.43 bits per heavy atom. The lowest BCUT2D eigenvalue weighted by Gasteiger charge is -2.33. The van der Waals surface area contributed by atoms with Crippen LogP contribution in [0.1, 0.15) is 30.5 Å². The minimum Gasteiger partial charge on any atom is -0.510 e. The van der Waals surface area contributed by atoms with E-state index < -0.39 is 0 Å². The van der Waals surface area contributed by atoms with Gasteiger partial charge >= 0.3 is 0 Å². The monoisotopic (exact) mass is 419 g/mol. The molecule has 6 heteroatoms. The maximum atomic E-state index is 10.8. The van der Waals surface area contributed by atoms with Crippen molar-refractivity contribution in [3.05, 3.63) is 76.3 Å². The summed E-state index contributed by atoms with van der Waals surface area (Å²) < 4.78 is 5.28. The predicted octanol–water partition coefficient (Wildman–Crippen LogP) is 5.78. The molecule has 0 spiro atoms. The number of hydrogen-bond acceptors (Lipinski definition) is 5. The molecule has 0 unspecified atom stereocenters. The highest BCUT2D eigenvalue weighted by Crippen LogP contribution is 2.39. The molecule has 0 saturated heterocycles. The van der Waals surface area contributed by atoms with Crippen LogP contribution in [0.25, 0.3) is 16.8 Å². The van der Waals surface area contributed by atoms with Crippen molar-refractivity contribution in [3.63, 3.8) is 0 Å². The van der Waals surface area contributed by atoms with Gasteiger partial charge in [0.25, 0.3) is 0 Å². The summed E-state index contributed by atoms with van der Waals surface area (Å²) in [6.45, 7) is 4.57. The summed E-state index contributed by atoms with van der Waals surface area (Å²) >= 11 is 1.46. The molecule has 3 aromatic rings. The quantitative estimate of drug-likeness (QED) is 0.531. The van der Waals surface area contributed by atoms with Crippen LogP contribution >= 0.6 is 11.3 Å². The molecule has 0 aliphatic carbocycles. The molecule has 0 radical (unpaired) electrons. The first kappa shape index (κ1) is 20.2. The van der Waals surface area contributed by atoms with Gasteiger partial charge in [0.1, 0.15) is 22.4 Å². The maximum absolute atomic E-state index is 10.8. The molecule has 0 bridgehead atoms. The number of aromatic nitrogens is 1. The first-order chi connectivity index (χ1) is 14.5. The summed E-state index contributed by atoms with van der Waals surface area (Å²) in [5.41, 5.74) is 3.51. The number of aliphatic hydroxyl groups excluding tert-OH is 1. The number of benzene rings is 2. The van der Waals surface area contributed by atoms with Crippen molar-refractivity contribution < 1.29 is 9.84 Å². The molecule has 5 nitrogen and oxygen atoms in total. The van der Waals surface area contributed by atoms with Crippen LogP contribution in [0.5, 0.6) is 5.75 Å². The molecule has 0 saturated carbocycles. The van der Waals surface area contributed by atoms with Crippen LogP contribution in [0.15, 0.2) is 65.7 Å². The largest absolute Gasteiger partial charge is 0.510 e. The van der Waals surface area contributed by atoms with E-state index >= 15 is 0 Å². The van der Waals surface area contributed by atoms with Crippen LogP contribution in [-0.2, 0) is 0 Å². The van der Waals surface area contributed by atoms with Crippen molar-refractivity contribution in [2.75, 3.05) is 13.7 Å². The molecule has 154 valence electrons. The summed E-state index contributed by atoms with van der Waals surface area (Å²) in [5.74, 6) is 1.57. The number of thiazole rings is 1. The summed E-state index contributed by atoms with van der Waals surface area (Å²) in [5, 5.41) is 22.3. The average Bonchev–Trinajstić information content (AvgIpc) is 3.34. The zero-order valence-corrected chi connectivity index (χ0v) is 18.1. The molecule has 1 aliphatic heterocycles. The van der Waals surface area contributed by atoms with Crippen molar-refractivity contribution in [3.8, 4) is 17.0 Å².